The van der Waals surface area contributed by atoms with Gasteiger partial charge in [-0.3, -0.25) is 14.4 Å². The molecule has 0 heterocycles. The first-order valence-electron chi connectivity index (χ1n) is 24.3. The van der Waals surface area contributed by atoms with Crippen molar-refractivity contribution >= 4 is 17.9 Å². The van der Waals surface area contributed by atoms with Gasteiger partial charge in [0, 0.05) is 19.3 Å². The highest BCUT2D eigenvalue weighted by Gasteiger charge is 2.19. The van der Waals surface area contributed by atoms with Gasteiger partial charge in [0.05, 0.1) is 0 Å². The van der Waals surface area contributed by atoms with E-state index in [4.69, 9.17) is 14.2 Å². The predicted octanol–water partition coefficient (Wildman–Crippen LogP) is 15.8. The van der Waals surface area contributed by atoms with Crippen LogP contribution in [0.15, 0.2) is 97.2 Å². The first-order chi connectivity index (χ1) is 29.5. The van der Waals surface area contributed by atoms with Crippen molar-refractivity contribution in [3.63, 3.8) is 0 Å². The summed E-state index contributed by atoms with van der Waals surface area (Å²) in [4.78, 5) is 37.8. The Labute approximate surface area is 368 Å². The number of carbonyl (C=O) groups excluding carboxylic acids is 3. The Morgan fingerprint density at radius 1 is 0.367 bits per heavy atom. The second-order valence-corrected chi connectivity index (χ2v) is 15.7. The zero-order chi connectivity index (χ0) is 43.7. The van der Waals surface area contributed by atoms with Crippen LogP contribution in [0.3, 0.4) is 0 Å². The maximum atomic E-state index is 12.7. The maximum absolute atomic E-state index is 12.7. The molecule has 0 rings (SSSR count). The molecule has 0 amide bonds. The molecule has 0 saturated heterocycles. The first-order valence-corrected chi connectivity index (χ1v) is 24.3. The number of rotatable bonds is 42. The molecule has 340 valence electrons. The van der Waals surface area contributed by atoms with Gasteiger partial charge in [0.2, 0.25) is 0 Å². The van der Waals surface area contributed by atoms with Crippen LogP contribution in [0.4, 0.5) is 0 Å². The number of hydrogen-bond donors (Lipinski definition) is 0. The first kappa shape index (κ1) is 56.3. The minimum absolute atomic E-state index is 0.101. The van der Waals surface area contributed by atoms with E-state index >= 15 is 0 Å². The molecule has 0 N–H and O–H groups in total. The van der Waals surface area contributed by atoms with Crippen molar-refractivity contribution in [3.05, 3.63) is 97.2 Å². The molecule has 0 aliphatic heterocycles. The van der Waals surface area contributed by atoms with Gasteiger partial charge < -0.3 is 14.2 Å². The van der Waals surface area contributed by atoms with Gasteiger partial charge in [-0.2, -0.15) is 0 Å². The molecule has 6 nitrogen and oxygen atoms in total. The van der Waals surface area contributed by atoms with E-state index in [9.17, 15) is 14.4 Å². The molecule has 60 heavy (non-hydrogen) atoms. The number of hydrogen-bond acceptors (Lipinski definition) is 6. The van der Waals surface area contributed by atoms with Gasteiger partial charge in [-0.25, -0.2) is 0 Å². The molecule has 0 aromatic carbocycles. The Morgan fingerprint density at radius 3 is 1.25 bits per heavy atom. The lowest BCUT2D eigenvalue weighted by atomic mass is 10.1. The van der Waals surface area contributed by atoms with E-state index in [0.717, 1.165) is 103 Å². The smallest absolute Gasteiger partial charge is 0.306 e. The summed E-state index contributed by atoms with van der Waals surface area (Å²) in [6, 6.07) is 0. The fraction of sp³-hybridized carbons (Fsp3) is 0.648. The molecule has 0 fully saturated rings. The summed E-state index contributed by atoms with van der Waals surface area (Å²) in [7, 11) is 0. The molecule has 0 aliphatic carbocycles. The van der Waals surface area contributed by atoms with Gasteiger partial charge in [-0.15, -0.1) is 0 Å². The van der Waals surface area contributed by atoms with Crippen molar-refractivity contribution in [2.24, 2.45) is 0 Å². The van der Waals surface area contributed by atoms with Gasteiger partial charge in [0.25, 0.3) is 0 Å². The van der Waals surface area contributed by atoms with Crippen LogP contribution >= 0.6 is 0 Å². The standard InChI is InChI=1S/C54H88O6/c1-4-7-10-13-16-19-22-24-25-26-27-28-29-31-32-35-38-41-44-47-53(56)59-50-51(49-58-52(55)46-43-40-37-34-21-18-15-12-9-6-3)60-54(57)48-45-42-39-36-33-30-23-20-17-14-11-8-5-2/h7-8,10-11,14-20,23-25,30,33,51H,4-6,9,12-13,21-22,26-29,31-32,34-50H2,1-3H3/b10-7-,11-8-,17-14-,18-15-,19-16-,23-20-,25-24-,33-30-. The van der Waals surface area contributed by atoms with Crippen LogP contribution in [0.5, 0.6) is 0 Å². The maximum Gasteiger partial charge on any atom is 0.306 e. The van der Waals surface area contributed by atoms with Crippen LogP contribution < -0.4 is 0 Å². The van der Waals surface area contributed by atoms with Gasteiger partial charge >= 0.3 is 17.9 Å². The Bertz CT molecular complexity index is 1230. The fourth-order valence-corrected chi connectivity index (χ4v) is 6.27. The number of allylic oxidation sites excluding steroid dienone is 16. The van der Waals surface area contributed by atoms with E-state index in [1.165, 1.54) is 57.8 Å². The number of esters is 3. The van der Waals surface area contributed by atoms with Gasteiger partial charge in [0.1, 0.15) is 13.2 Å². The summed E-state index contributed by atoms with van der Waals surface area (Å²) in [5.74, 6) is -0.967. The summed E-state index contributed by atoms with van der Waals surface area (Å²) in [5, 5.41) is 0. The second kappa shape index (κ2) is 48.0. The lowest BCUT2D eigenvalue weighted by Crippen LogP contribution is -2.30. The molecular formula is C54H88O6. The third-order valence-corrected chi connectivity index (χ3v) is 9.90. The van der Waals surface area contributed by atoms with Gasteiger partial charge in [0.15, 0.2) is 6.10 Å². The van der Waals surface area contributed by atoms with E-state index in [0.29, 0.717) is 19.3 Å². The Balaban J connectivity index is 4.40. The third kappa shape index (κ3) is 45.4. The average molecular weight is 833 g/mol. The van der Waals surface area contributed by atoms with E-state index in [-0.39, 0.29) is 37.5 Å². The zero-order valence-electron chi connectivity index (χ0n) is 38.7. The number of unbranched alkanes of at least 4 members (excludes halogenated alkanes) is 18. The van der Waals surface area contributed by atoms with E-state index in [1.807, 2.05) is 36.5 Å². The van der Waals surface area contributed by atoms with E-state index in [2.05, 4.69) is 81.5 Å². The van der Waals surface area contributed by atoms with Crippen molar-refractivity contribution in [2.75, 3.05) is 13.2 Å². The van der Waals surface area contributed by atoms with Crippen LogP contribution in [0.25, 0.3) is 0 Å². The van der Waals surface area contributed by atoms with E-state index < -0.39 is 6.10 Å². The van der Waals surface area contributed by atoms with Crippen molar-refractivity contribution in [1.82, 2.24) is 0 Å². The van der Waals surface area contributed by atoms with Gasteiger partial charge in [-0.05, 0) is 89.9 Å². The highest BCUT2D eigenvalue weighted by Crippen LogP contribution is 2.13. The molecular weight excluding hydrogens is 745 g/mol. The van der Waals surface area contributed by atoms with E-state index in [1.54, 1.807) is 0 Å². The zero-order valence-corrected chi connectivity index (χ0v) is 38.7. The number of carbonyl (C=O) groups is 3. The summed E-state index contributed by atoms with van der Waals surface area (Å²) in [6.45, 7) is 6.27. The molecule has 1 atom stereocenters. The topological polar surface area (TPSA) is 78.9 Å². The SMILES string of the molecule is CC\C=C/C=C\C=C/C=C\CCCCCC(=O)OC(COC(=O)CCCCCC/C=C\CCCC)COC(=O)CCCCCCCCCCC/C=C\C/C=C\C/C=C\CC. The Morgan fingerprint density at radius 2 is 0.733 bits per heavy atom. The lowest BCUT2D eigenvalue weighted by molar-refractivity contribution is -0.167. The highest BCUT2D eigenvalue weighted by atomic mass is 16.6. The Kier molecular flexibility index (Phi) is 45.1. The normalized spacial score (nSPS) is 12.9. The van der Waals surface area contributed by atoms with Crippen LogP contribution in [0.1, 0.15) is 207 Å². The molecule has 0 bridgehead atoms. The lowest BCUT2D eigenvalue weighted by Gasteiger charge is -2.18. The molecule has 6 heteroatoms. The molecule has 0 radical (unpaired) electrons. The largest absolute Gasteiger partial charge is 0.462 e. The summed E-state index contributed by atoms with van der Waals surface area (Å²) >= 11 is 0. The monoisotopic (exact) mass is 833 g/mol. The molecule has 0 aromatic heterocycles. The Hall–Kier alpha value is -3.67. The van der Waals surface area contributed by atoms with Crippen molar-refractivity contribution in [2.45, 2.75) is 213 Å². The number of ether oxygens (including phenoxy) is 3. The van der Waals surface area contributed by atoms with Gasteiger partial charge in [-0.1, -0.05) is 195 Å². The van der Waals surface area contributed by atoms with Crippen LogP contribution in [0.2, 0.25) is 0 Å². The summed E-state index contributed by atoms with van der Waals surface area (Å²) < 4.78 is 16.7. The predicted molar refractivity (Wildman–Crippen MR) is 256 cm³/mol. The van der Waals surface area contributed by atoms with Crippen molar-refractivity contribution in [1.29, 1.82) is 0 Å². The van der Waals surface area contributed by atoms with Crippen molar-refractivity contribution in [3.8, 4) is 0 Å². The fourth-order valence-electron chi connectivity index (χ4n) is 6.27. The van der Waals surface area contributed by atoms with Crippen LogP contribution in [-0.4, -0.2) is 37.2 Å². The van der Waals surface area contributed by atoms with Crippen LogP contribution in [0, 0.1) is 0 Å². The molecule has 0 aromatic rings. The summed E-state index contributed by atoms with van der Waals surface area (Å²) in [6.07, 6.45) is 62.5. The minimum atomic E-state index is -0.803. The highest BCUT2D eigenvalue weighted by molar-refractivity contribution is 5.71. The molecule has 0 aliphatic rings. The summed E-state index contributed by atoms with van der Waals surface area (Å²) in [5.41, 5.74) is 0. The molecule has 0 saturated carbocycles. The van der Waals surface area contributed by atoms with Crippen LogP contribution in [-0.2, 0) is 28.6 Å². The molecule has 0 spiro atoms. The van der Waals surface area contributed by atoms with Crippen molar-refractivity contribution < 1.29 is 28.6 Å². The third-order valence-electron chi connectivity index (χ3n) is 9.90. The molecule has 1 unspecified atom stereocenters. The average Bonchev–Trinajstić information content (AvgIpc) is 3.24. The second-order valence-electron chi connectivity index (χ2n) is 15.7. The minimum Gasteiger partial charge on any atom is -0.462 e. The quantitative estimate of drug-likeness (QED) is 0.0200.